The Labute approximate surface area is 109 Å². The van der Waals surface area contributed by atoms with Crippen molar-refractivity contribution in [2.75, 3.05) is 5.32 Å². The van der Waals surface area contributed by atoms with Gasteiger partial charge in [0.2, 0.25) is 0 Å². The van der Waals surface area contributed by atoms with E-state index in [9.17, 15) is 4.79 Å². The molecule has 0 spiro atoms. The van der Waals surface area contributed by atoms with Crippen LogP contribution in [0.2, 0.25) is 5.02 Å². The summed E-state index contributed by atoms with van der Waals surface area (Å²) >= 11 is 6.02. The lowest BCUT2D eigenvalue weighted by atomic mass is 10.2. The minimum atomic E-state index is -0.998. The lowest BCUT2D eigenvalue weighted by Gasteiger charge is -2.14. The van der Waals surface area contributed by atoms with Crippen molar-refractivity contribution in [2.45, 2.75) is 13.0 Å². The zero-order chi connectivity index (χ0) is 13.1. The molecular formula is C13H12ClNO3. The van der Waals surface area contributed by atoms with Crippen molar-refractivity contribution < 1.29 is 14.3 Å². The number of carboxylic acid groups (broad SMARTS) is 1. The average Bonchev–Trinajstić information content (AvgIpc) is 2.85. The summed E-state index contributed by atoms with van der Waals surface area (Å²) in [5.74, 6) is -0.212. The van der Waals surface area contributed by atoms with E-state index in [-0.39, 0.29) is 11.6 Å². The maximum Gasteiger partial charge on any atom is 0.335 e. The second-order valence-corrected chi connectivity index (χ2v) is 4.29. The number of carbonyl (C=O) groups is 1. The van der Waals surface area contributed by atoms with Crippen LogP contribution >= 0.6 is 11.6 Å². The Hall–Kier alpha value is -1.94. The van der Waals surface area contributed by atoms with Crippen molar-refractivity contribution in [3.05, 3.63) is 52.9 Å². The maximum atomic E-state index is 10.8. The predicted octanol–water partition coefficient (Wildman–Crippen LogP) is 3.80. The summed E-state index contributed by atoms with van der Waals surface area (Å²) in [5.41, 5.74) is 0.835. The Morgan fingerprint density at radius 1 is 1.44 bits per heavy atom. The number of nitrogens with one attached hydrogen (secondary N) is 1. The van der Waals surface area contributed by atoms with Crippen LogP contribution < -0.4 is 5.32 Å². The first-order chi connectivity index (χ1) is 8.58. The van der Waals surface area contributed by atoms with Crippen molar-refractivity contribution >= 4 is 23.3 Å². The third-order valence-corrected chi connectivity index (χ3v) is 2.87. The van der Waals surface area contributed by atoms with Crippen LogP contribution in [0.4, 0.5) is 5.69 Å². The lowest BCUT2D eigenvalue weighted by Crippen LogP contribution is -2.06. The normalized spacial score (nSPS) is 12.1. The fourth-order valence-electron chi connectivity index (χ4n) is 1.61. The molecule has 5 heteroatoms. The fourth-order valence-corrected chi connectivity index (χ4v) is 1.84. The third kappa shape index (κ3) is 2.65. The van der Waals surface area contributed by atoms with Crippen molar-refractivity contribution in [2.24, 2.45) is 0 Å². The molecule has 2 rings (SSSR count). The summed E-state index contributed by atoms with van der Waals surface area (Å²) in [7, 11) is 0. The van der Waals surface area contributed by atoms with Gasteiger partial charge in [-0.25, -0.2) is 4.79 Å². The number of benzene rings is 1. The molecule has 0 amide bonds. The van der Waals surface area contributed by atoms with Gasteiger partial charge >= 0.3 is 5.97 Å². The smallest absolute Gasteiger partial charge is 0.335 e. The van der Waals surface area contributed by atoms with E-state index in [1.165, 1.54) is 12.1 Å². The van der Waals surface area contributed by atoms with Crippen molar-refractivity contribution in [3.8, 4) is 0 Å². The molecule has 0 saturated carbocycles. The molecular weight excluding hydrogens is 254 g/mol. The van der Waals surface area contributed by atoms with Gasteiger partial charge in [-0.15, -0.1) is 0 Å². The van der Waals surface area contributed by atoms with Crippen LogP contribution in [0.5, 0.6) is 0 Å². The Morgan fingerprint density at radius 2 is 2.22 bits per heavy atom. The minimum Gasteiger partial charge on any atom is -0.478 e. The van der Waals surface area contributed by atoms with E-state index in [0.29, 0.717) is 10.7 Å². The molecule has 0 aliphatic rings. The highest BCUT2D eigenvalue weighted by atomic mass is 35.5. The van der Waals surface area contributed by atoms with Gasteiger partial charge in [-0.2, -0.15) is 0 Å². The number of hydrogen-bond donors (Lipinski definition) is 2. The molecule has 1 unspecified atom stereocenters. The zero-order valence-corrected chi connectivity index (χ0v) is 10.4. The highest BCUT2D eigenvalue weighted by molar-refractivity contribution is 6.33. The molecule has 0 aliphatic carbocycles. The molecule has 0 radical (unpaired) electrons. The fraction of sp³-hybridized carbons (Fsp3) is 0.154. The molecule has 2 N–H and O–H groups in total. The zero-order valence-electron chi connectivity index (χ0n) is 9.68. The molecule has 4 nitrogen and oxygen atoms in total. The van der Waals surface area contributed by atoms with Crippen molar-refractivity contribution in [3.63, 3.8) is 0 Å². The largest absolute Gasteiger partial charge is 0.478 e. The van der Waals surface area contributed by atoms with Gasteiger partial charge in [-0.05, 0) is 37.3 Å². The third-order valence-electron chi connectivity index (χ3n) is 2.56. The highest BCUT2D eigenvalue weighted by Gasteiger charge is 2.11. The Morgan fingerprint density at radius 3 is 2.78 bits per heavy atom. The van der Waals surface area contributed by atoms with Crippen LogP contribution in [0.25, 0.3) is 0 Å². The molecule has 0 saturated heterocycles. The summed E-state index contributed by atoms with van der Waals surface area (Å²) in [4.78, 5) is 10.8. The SMILES string of the molecule is CC(Nc1ccc(C(=O)O)cc1Cl)c1ccco1. The summed E-state index contributed by atoms with van der Waals surface area (Å²) in [6, 6.07) is 8.19. The van der Waals surface area contributed by atoms with Gasteiger partial charge in [0.15, 0.2) is 0 Å². The minimum absolute atomic E-state index is 0.0480. The summed E-state index contributed by atoms with van der Waals surface area (Å²) in [6.45, 7) is 1.93. The van der Waals surface area contributed by atoms with E-state index in [4.69, 9.17) is 21.1 Å². The van der Waals surface area contributed by atoms with Gasteiger partial charge < -0.3 is 14.8 Å². The predicted molar refractivity (Wildman–Crippen MR) is 69.2 cm³/mol. The van der Waals surface area contributed by atoms with Gasteiger partial charge in [-0.1, -0.05) is 11.6 Å². The second kappa shape index (κ2) is 5.14. The number of hydrogen-bond acceptors (Lipinski definition) is 3. The quantitative estimate of drug-likeness (QED) is 0.882. The number of furan rings is 1. The molecule has 1 aromatic heterocycles. The van der Waals surface area contributed by atoms with E-state index in [2.05, 4.69) is 5.32 Å². The van der Waals surface area contributed by atoms with Gasteiger partial charge in [0.25, 0.3) is 0 Å². The average molecular weight is 266 g/mol. The first-order valence-corrected chi connectivity index (χ1v) is 5.78. The molecule has 0 aliphatic heterocycles. The van der Waals surface area contributed by atoms with E-state index < -0.39 is 5.97 Å². The maximum absolute atomic E-state index is 10.8. The van der Waals surface area contributed by atoms with Gasteiger partial charge in [0, 0.05) is 0 Å². The molecule has 0 bridgehead atoms. The summed E-state index contributed by atoms with van der Waals surface area (Å²) in [6.07, 6.45) is 1.60. The number of aromatic carboxylic acids is 1. The lowest BCUT2D eigenvalue weighted by molar-refractivity contribution is 0.0697. The molecule has 1 heterocycles. The van der Waals surface area contributed by atoms with E-state index in [1.807, 2.05) is 19.1 Å². The van der Waals surface area contributed by atoms with Crippen LogP contribution in [-0.2, 0) is 0 Å². The standard InChI is InChI=1S/C13H12ClNO3/c1-8(12-3-2-6-18-12)15-11-5-4-9(13(16)17)7-10(11)14/h2-8,15H,1H3,(H,16,17). The van der Waals surface area contributed by atoms with Crippen LogP contribution in [0, 0.1) is 0 Å². The Bertz CT molecular complexity index is 551. The summed E-state index contributed by atoms with van der Waals surface area (Å²) < 4.78 is 5.27. The van der Waals surface area contributed by atoms with Gasteiger partial charge in [-0.3, -0.25) is 0 Å². The molecule has 1 aromatic carbocycles. The molecule has 94 valence electrons. The van der Waals surface area contributed by atoms with Crippen LogP contribution in [0.1, 0.15) is 29.1 Å². The Kier molecular flexibility index (Phi) is 3.58. The van der Waals surface area contributed by atoms with Crippen molar-refractivity contribution in [1.29, 1.82) is 0 Å². The van der Waals surface area contributed by atoms with Crippen molar-refractivity contribution in [1.82, 2.24) is 0 Å². The topological polar surface area (TPSA) is 62.5 Å². The molecule has 1 atom stereocenters. The first kappa shape index (κ1) is 12.5. The summed E-state index contributed by atoms with van der Waals surface area (Å²) in [5, 5.41) is 12.4. The van der Waals surface area contributed by atoms with Crippen LogP contribution in [0.3, 0.4) is 0 Å². The molecule has 2 aromatic rings. The second-order valence-electron chi connectivity index (χ2n) is 3.88. The number of rotatable bonds is 4. The molecule has 0 fully saturated rings. The highest BCUT2D eigenvalue weighted by Crippen LogP contribution is 2.27. The van der Waals surface area contributed by atoms with Gasteiger partial charge in [0.05, 0.1) is 28.6 Å². The first-order valence-electron chi connectivity index (χ1n) is 5.40. The number of carboxylic acids is 1. The van der Waals surface area contributed by atoms with E-state index in [1.54, 1.807) is 12.3 Å². The Balaban J connectivity index is 2.17. The van der Waals surface area contributed by atoms with Crippen LogP contribution in [0.15, 0.2) is 41.0 Å². The molecule has 18 heavy (non-hydrogen) atoms. The van der Waals surface area contributed by atoms with E-state index >= 15 is 0 Å². The van der Waals surface area contributed by atoms with Gasteiger partial charge in [0.1, 0.15) is 5.76 Å². The number of anilines is 1. The van der Waals surface area contributed by atoms with E-state index in [0.717, 1.165) is 5.76 Å². The monoisotopic (exact) mass is 265 g/mol. The van der Waals surface area contributed by atoms with Crippen LogP contribution in [-0.4, -0.2) is 11.1 Å². The number of halogens is 1.